The summed E-state index contributed by atoms with van der Waals surface area (Å²) >= 11 is 5.84. The summed E-state index contributed by atoms with van der Waals surface area (Å²) in [5.74, 6) is -0.402. The van der Waals surface area contributed by atoms with Gasteiger partial charge in [0.25, 0.3) is 0 Å². The molecule has 0 unspecified atom stereocenters. The number of rotatable bonds is 4. The normalized spacial score (nSPS) is 15.0. The Morgan fingerprint density at radius 1 is 1.53 bits per heavy atom. The van der Waals surface area contributed by atoms with Gasteiger partial charge in [-0.1, -0.05) is 31.0 Å². The molecule has 15 heavy (non-hydrogen) atoms. The lowest BCUT2D eigenvalue weighted by Gasteiger charge is -2.19. The van der Waals surface area contributed by atoms with Crippen molar-refractivity contribution in [3.63, 3.8) is 0 Å². The van der Waals surface area contributed by atoms with E-state index in [0.717, 1.165) is 6.42 Å². The van der Waals surface area contributed by atoms with E-state index in [-0.39, 0.29) is 5.02 Å². The highest BCUT2D eigenvalue weighted by Gasteiger charge is 2.18. The molecule has 1 aromatic rings. The second-order valence-electron chi connectivity index (χ2n) is 3.55. The summed E-state index contributed by atoms with van der Waals surface area (Å²) in [7, 11) is 0. The minimum Gasteiger partial charge on any atom is -0.391 e. The lowest BCUT2D eigenvalue weighted by molar-refractivity contribution is 0.134. The van der Waals surface area contributed by atoms with E-state index in [9.17, 15) is 9.50 Å². The van der Waals surface area contributed by atoms with Crippen molar-refractivity contribution in [2.75, 3.05) is 0 Å². The number of aliphatic hydroxyl groups is 1. The summed E-state index contributed by atoms with van der Waals surface area (Å²) in [6.45, 7) is 1.96. The Bertz CT molecular complexity index is 332. The number of hydrogen-bond acceptors (Lipinski definition) is 2. The van der Waals surface area contributed by atoms with Crippen LogP contribution in [0.3, 0.4) is 0 Å². The second kappa shape index (κ2) is 5.45. The fraction of sp³-hybridized carbons (Fsp3) is 0.455. The van der Waals surface area contributed by atoms with Crippen LogP contribution >= 0.6 is 11.6 Å². The summed E-state index contributed by atoms with van der Waals surface area (Å²) in [5, 5.41) is 9.95. The monoisotopic (exact) mass is 231 g/mol. The third-order valence-corrected chi connectivity index (χ3v) is 2.65. The molecule has 0 bridgehead atoms. The van der Waals surface area contributed by atoms with Gasteiger partial charge in [0.15, 0.2) is 0 Å². The average Bonchev–Trinajstić information content (AvgIpc) is 2.17. The maximum absolute atomic E-state index is 12.8. The van der Waals surface area contributed by atoms with Gasteiger partial charge in [-0.2, -0.15) is 0 Å². The van der Waals surface area contributed by atoms with Crippen molar-refractivity contribution in [3.05, 3.63) is 34.6 Å². The third kappa shape index (κ3) is 3.16. The van der Waals surface area contributed by atoms with E-state index in [1.807, 2.05) is 6.92 Å². The molecule has 0 aliphatic rings. The quantitative estimate of drug-likeness (QED) is 0.837. The van der Waals surface area contributed by atoms with Gasteiger partial charge >= 0.3 is 0 Å². The number of aliphatic hydroxyl groups excluding tert-OH is 1. The Kier molecular flexibility index (Phi) is 4.51. The zero-order valence-corrected chi connectivity index (χ0v) is 9.34. The predicted molar refractivity (Wildman–Crippen MR) is 59.3 cm³/mol. The first-order valence-electron chi connectivity index (χ1n) is 4.94. The van der Waals surface area contributed by atoms with Crippen LogP contribution in [0, 0.1) is 5.82 Å². The van der Waals surface area contributed by atoms with Gasteiger partial charge in [0.2, 0.25) is 0 Å². The van der Waals surface area contributed by atoms with Crippen LogP contribution in [0.5, 0.6) is 0 Å². The van der Waals surface area contributed by atoms with Gasteiger partial charge < -0.3 is 10.8 Å². The summed E-state index contributed by atoms with van der Waals surface area (Å²) in [6, 6.07) is 3.45. The van der Waals surface area contributed by atoms with Crippen LogP contribution in [-0.2, 0) is 0 Å². The topological polar surface area (TPSA) is 46.2 Å². The van der Waals surface area contributed by atoms with E-state index in [2.05, 4.69) is 0 Å². The maximum atomic E-state index is 12.8. The standard InChI is InChI=1S/C11H15ClFNO/c1-2-3-10(15)11(14)8-5-4-7(13)6-9(8)12/h4-6,10-11,15H,2-3,14H2,1H3/t10-,11+/m1/s1. The predicted octanol–water partition coefficient (Wildman–Crippen LogP) is 2.64. The Labute approximate surface area is 93.9 Å². The van der Waals surface area contributed by atoms with E-state index in [0.29, 0.717) is 12.0 Å². The first kappa shape index (κ1) is 12.4. The first-order valence-corrected chi connectivity index (χ1v) is 5.32. The molecule has 0 radical (unpaired) electrons. The van der Waals surface area contributed by atoms with Crippen LogP contribution in [0.15, 0.2) is 18.2 Å². The van der Waals surface area contributed by atoms with Crippen LogP contribution in [0.25, 0.3) is 0 Å². The van der Waals surface area contributed by atoms with Crippen LogP contribution in [0.1, 0.15) is 31.4 Å². The summed E-state index contributed by atoms with van der Waals surface area (Å²) < 4.78 is 12.8. The third-order valence-electron chi connectivity index (χ3n) is 2.32. The molecule has 0 heterocycles. The van der Waals surface area contributed by atoms with Gasteiger partial charge in [-0.3, -0.25) is 0 Å². The fourth-order valence-electron chi connectivity index (χ4n) is 1.45. The van der Waals surface area contributed by atoms with Crippen molar-refractivity contribution in [1.29, 1.82) is 0 Å². The lowest BCUT2D eigenvalue weighted by Crippen LogP contribution is -2.26. The summed E-state index contributed by atoms with van der Waals surface area (Å²) in [5.41, 5.74) is 6.40. The van der Waals surface area contributed by atoms with Crippen LogP contribution in [-0.4, -0.2) is 11.2 Å². The summed E-state index contributed by atoms with van der Waals surface area (Å²) in [4.78, 5) is 0. The van der Waals surface area contributed by atoms with Gasteiger partial charge in [-0.25, -0.2) is 4.39 Å². The highest BCUT2D eigenvalue weighted by Crippen LogP contribution is 2.25. The summed E-state index contributed by atoms with van der Waals surface area (Å²) in [6.07, 6.45) is 0.806. The van der Waals surface area contributed by atoms with E-state index in [1.54, 1.807) is 0 Å². The van der Waals surface area contributed by atoms with Gasteiger partial charge in [-0.15, -0.1) is 0 Å². The van der Waals surface area contributed by atoms with Crippen molar-refractivity contribution in [3.8, 4) is 0 Å². The van der Waals surface area contributed by atoms with Crippen molar-refractivity contribution in [2.24, 2.45) is 5.73 Å². The van der Waals surface area contributed by atoms with Crippen LogP contribution in [0.2, 0.25) is 5.02 Å². The Balaban J connectivity index is 2.86. The Morgan fingerprint density at radius 3 is 2.73 bits per heavy atom. The number of halogens is 2. The minimum absolute atomic E-state index is 0.262. The molecule has 1 rings (SSSR count). The highest BCUT2D eigenvalue weighted by atomic mass is 35.5. The Hall–Kier alpha value is -0.640. The van der Waals surface area contributed by atoms with E-state index in [4.69, 9.17) is 17.3 Å². The molecule has 1 aromatic carbocycles. The Morgan fingerprint density at radius 2 is 2.20 bits per heavy atom. The van der Waals surface area contributed by atoms with Gasteiger partial charge in [0.05, 0.1) is 12.1 Å². The van der Waals surface area contributed by atoms with E-state index in [1.165, 1.54) is 18.2 Å². The van der Waals surface area contributed by atoms with Crippen molar-refractivity contribution in [1.82, 2.24) is 0 Å². The van der Waals surface area contributed by atoms with Gasteiger partial charge in [0.1, 0.15) is 5.82 Å². The molecule has 0 aliphatic carbocycles. The molecule has 0 amide bonds. The van der Waals surface area contributed by atoms with Gasteiger partial charge in [0, 0.05) is 5.02 Å². The molecule has 0 aromatic heterocycles. The molecule has 0 spiro atoms. The molecule has 0 saturated carbocycles. The molecule has 3 N–H and O–H groups in total. The molecular formula is C11H15ClFNO. The number of nitrogens with two attached hydrogens (primary N) is 1. The number of hydrogen-bond donors (Lipinski definition) is 2. The minimum atomic E-state index is -0.641. The van der Waals surface area contributed by atoms with Crippen molar-refractivity contribution >= 4 is 11.6 Å². The molecule has 2 atom stereocenters. The SMILES string of the molecule is CCC[C@@H](O)[C@@H](N)c1ccc(F)cc1Cl. The zero-order valence-electron chi connectivity index (χ0n) is 8.58. The smallest absolute Gasteiger partial charge is 0.124 e. The van der Waals surface area contributed by atoms with Crippen LogP contribution in [0.4, 0.5) is 4.39 Å². The molecule has 4 heteroatoms. The van der Waals surface area contributed by atoms with E-state index >= 15 is 0 Å². The molecular weight excluding hydrogens is 217 g/mol. The lowest BCUT2D eigenvalue weighted by atomic mass is 9.99. The van der Waals surface area contributed by atoms with Crippen molar-refractivity contribution < 1.29 is 9.50 Å². The fourth-order valence-corrected chi connectivity index (χ4v) is 1.75. The molecule has 84 valence electrons. The van der Waals surface area contributed by atoms with Crippen molar-refractivity contribution in [2.45, 2.75) is 31.9 Å². The van der Waals surface area contributed by atoms with Gasteiger partial charge in [-0.05, 0) is 24.1 Å². The molecule has 0 saturated heterocycles. The largest absolute Gasteiger partial charge is 0.391 e. The zero-order chi connectivity index (χ0) is 11.4. The number of benzene rings is 1. The molecule has 0 fully saturated rings. The van der Waals surface area contributed by atoms with E-state index < -0.39 is 18.0 Å². The second-order valence-corrected chi connectivity index (χ2v) is 3.95. The van der Waals surface area contributed by atoms with Crippen LogP contribution < -0.4 is 5.73 Å². The molecule has 0 aliphatic heterocycles. The highest BCUT2D eigenvalue weighted by molar-refractivity contribution is 6.31. The molecule has 2 nitrogen and oxygen atoms in total. The first-order chi connectivity index (χ1) is 7.06. The average molecular weight is 232 g/mol. The maximum Gasteiger partial charge on any atom is 0.124 e.